The highest BCUT2D eigenvalue weighted by molar-refractivity contribution is 5.37. The van der Waals surface area contributed by atoms with E-state index in [0.717, 1.165) is 25.1 Å². The number of hydrogen-bond acceptors (Lipinski definition) is 2. The van der Waals surface area contributed by atoms with Gasteiger partial charge in [0.1, 0.15) is 5.75 Å². The predicted octanol–water partition coefficient (Wildman–Crippen LogP) is 3.32. The van der Waals surface area contributed by atoms with Crippen molar-refractivity contribution in [2.24, 2.45) is 11.1 Å². The zero-order valence-corrected chi connectivity index (χ0v) is 11.7. The van der Waals surface area contributed by atoms with Crippen LogP contribution < -0.4 is 10.5 Å². The minimum Gasteiger partial charge on any atom is -0.496 e. The maximum absolute atomic E-state index is 6.02. The van der Waals surface area contributed by atoms with Gasteiger partial charge < -0.3 is 10.5 Å². The number of hydrogen-bond donors (Lipinski definition) is 1. The molecule has 0 saturated heterocycles. The standard InChI is InChI=1S/C16H25NO/c1-3-14-10-13(6-7-15(14)18-2)11-16(12-17)8-4-5-9-16/h6-7,10H,3-5,8-9,11-12,17H2,1-2H3. The average Bonchev–Trinajstić information content (AvgIpc) is 2.87. The zero-order chi connectivity index (χ0) is 13.0. The van der Waals surface area contributed by atoms with Gasteiger partial charge in [-0.3, -0.25) is 0 Å². The van der Waals surface area contributed by atoms with Gasteiger partial charge in [0.15, 0.2) is 0 Å². The van der Waals surface area contributed by atoms with Crippen LogP contribution in [0.4, 0.5) is 0 Å². The molecule has 0 bridgehead atoms. The predicted molar refractivity (Wildman–Crippen MR) is 76.0 cm³/mol. The Morgan fingerprint density at radius 2 is 2.00 bits per heavy atom. The molecule has 0 aliphatic heterocycles. The molecule has 0 spiro atoms. The van der Waals surface area contributed by atoms with E-state index in [1.807, 2.05) is 0 Å². The largest absolute Gasteiger partial charge is 0.496 e. The van der Waals surface area contributed by atoms with Crippen molar-refractivity contribution in [2.75, 3.05) is 13.7 Å². The first-order valence-corrected chi connectivity index (χ1v) is 7.09. The molecule has 1 aromatic carbocycles. The molecule has 0 amide bonds. The van der Waals surface area contributed by atoms with Gasteiger partial charge >= 0.3 is 0 Å². The lowest BCUT2D eigenvalue weighted by Crippen LogP contribution is -2.29. The van der Waals surface area contributed by atoms with Crippen molar-refractivity contribution in [2.45, 2.75) is 45.4 Å². The van der Waals surface area contributed by atoms with Gasteiger partial charge in [0, 0.05) is 0 Å². The Balaban J connectivity index is 2.18. The Hall–Kier alpha value is -1.02. The molecule has 0 radical (unpaired) electrons. The lowest BCUT2D eigenvalue weighted by atomic mass is 9.80. The second-order valence-electron chi connectivity index (χ2n) is 5.59. The molecule has 1 aliphatic rings. The smallest absolute Gasteiger partial charge is 0.122 e. The third kappa shape index (κ3) is 2.69. The monoisotopic (exact) mass is 247 g/mol. The van der Waals surface area contributed by atoms with Crippen molar-refractivity contribution in [3.8, 4) is 5.75 Å². The summed E-state index contributed by atoms with van der Waals surface area (Å²) in [5, 5.41) is 0. The molecule has 0 heterocycles. The Morgan fingerprint density at radius 3 is 2.56 bits per heavy atom. The number of nitrogens with two attached hydrogens (primary N) is 1. The SMILES string of the molecule is CCc1cc(CC2(CN)CCCC2)ccc1OC. The number of aryl methyl sites for hydroxylation is 1. The summed E-state index contributed by atoms with van der Waals surface area (Å²) in [6.07, 6.45) is 7.41. The lowest BCUT2D eigenvalue weighted by Gasteiger charge is -2.27. The Labute approximate surface area is 111 Å². The van der Waals surface area contributed by atoms with E-state index in [4.69, 9.17) is 10.5 Å². The fourth-order valence-electron chi connectivity index (χ4n) is 3.23. The van der Waals surface area contributed by atoms with Crippen LogP contribution >= 0.6 is 0 Å². The summed E-state index contributed by atoms with van der Waals surface area (Å²) in [6.45, 7) is 3.00. The fraction of sp³-hybridized carbons (Fsp3) is 0.625. The first-order valence-electron chi connectivity index (χ1n) is 7.09. The first-order chi connectivity index (χ1) is 8.73. The van der Waals surface area contributed by atoms with Crippen LogP contribution in [0.15, 0.2) is 18.2 Å². The Morgan fingerprint density at radius 1 is 1.28 bits per heavy atom. The van der Waals surface area contributed by atoms with Crippen LogP contribution in [-0.4, -0.2) is 13.7 Å². The van der Waals surface area contributed by atoms with E-state index in [9.17, 15) is 0 Å². The van der Waals surface area contributed by atoms with Crippen molar-refractivity contribution in [3.05, 3.63) is 29.3 Å². The molecule has 0 unspecified atom stereocenters. The molecule has 1 aliphatic carbocycles. The van der Waals surface area contributed by atoms with Gasteiger partial charge in [0.2, 0.25) is 0 Å². The van der Waals surface area contributed by atoms with E-state index < -0.39 is 0 Å². The van der Waals surface area contributed by atoms with Crippen molar-refractivity contribution in [3.63, 3.8) is 0 Å². The highest BCUT2D eigenvalue weighted by atomic mass is 16.5. The van der Waals surface area contributed by atoms with E-state index in [-0.39, 0.29) is 0 Å². The molecule has 0 atom stereocenters. The second kappa shape index (κ2) is 5.75. The third-order valence-electron chi connectivity index (χ3n) is 4.40. The van der Waals surface area contributed by atoms with Crippen LogP contribution in [0.25, 0.3) is 0 Å². The summed E-state index contributed by atoms with van der Waals surface area (Å²) in [6, 6.07) is 6.61. The summed E-state index contributed by atoms with van der Waals surface area (Å²) in [5.74, 6) is 1.01. The number of methoxy groups -OCH3 is 1. The van der Waals surface area contributed by atoms with Crippen LogP contribution in [0.3, 0.4) is 0 Å². The topological polar surface area (TPSA) is 35.2 Å². The van der Waals surface area contributed by atoms with E-state index in [0.29, 0.717) is 5.41 Å². The van der Waals surface area contributed by atoms with Gasteiger partial charge in [-0.2, -0.15) is 0 Å². The van der Waals surface area contributed by atoms with Gasteiger partial charge in [-0.25, -0.2) is 0 Å². The maximum atomic E-state index is 6.02. The van der Waals surface area contributed by atoms with Gasteiger partial charge in [0.25, 0.3) is 0 Å². The summed E-state index contributed by atoms with van der Waals surface area (Å²) >= 11 is 0. The number of ether oxygens (including phenoxy) is 1. The maximum Gasteiger partial charge on any atom is 0.122 e. The summed E-state index contributed by atoms with van der Waals surface area (Å²) < 4.78 is 5.39. The van der Waals surface area contributed by atoms with Crippen molar-refractivity contribution >= 4 is 0 Å². The Kier molecular flexibility index (Phi) is 4.28. The molecular formula is C16H25NO. The molecular weight excluding hydrogens is 222 g/mol. The third-order valence-corrected chi connectivity index (χ3v) is 4.40. The molecule has 2 heteroatoms. The minimum atomic E-state index is 0.361. The molecule has 18 heavy (non-hydrogen) atoms. The average molecular weight is 247 g/mol. The van der Waals surface area contributed by atoms with Crippen molar-refractivity contribution < 1.29 is 4.74 Å². The molecule has 1 aromatic rings. The highest BCUT2D eigenvalue weighted by Gasteiger charge is 2.32. The second-order valence-corrected chi connectivity index (χ2v) is 5.59. The van der Waals surface area contributed by atoms with Gasteiger partial charge in [-0.1, -0.05) is 31.9 Å². The zero-order valence-electron chi connectivity index (χ0n) is 11.7. The molecule has 1 saturated carbocycles. The van der Waals surface area contributed by atoms with Crippen LogP contribution in [0.2, 0.25) is 0 Å². The highest BCUT2D eigenvalue weighted by Crippen LogP contribution is 2.40. The van der Waals surface area contributed by atoms with E-state index in [1.54, 1.807) is 7.11 Å². The first kappa shape index (κ1) is 13.4. The molecule has 2 rings (SSSR count). The number of benzene rings is 1. The van der Waals surface area contributed by atoms with E-state index in [1.165, 1.54) is 36.8 Å². The van der Waals surface area contributed by atoms with Gasteiger partial charge in [-0.15, -0.1) is 0 Å². The minimum absolute atomic E-state index is 0.361. The molecule has 1 fully saturated rings. The van der Waals surface area contributed by atoms with Crippen molar-refractivity contribution in [1.29, 1.82) is 0 Å². The summed E-state index contributed by atoms with van der Waals surface area (Å²) in [5.41, 5.74) is 9.10. The fourth-order valence-corrected chi connectivity index (χ4v) is 3.23. The van der Waals surface area contributed by atoms with Crippen molar-refractivity contribution in [1.82, 2.24) is 0 Å². The number of rotatable bonds is 5. The lowest BCUT2D eigenvalue weighted by molar-refractivity contribution is 0.306. The summed E-state index contributed by atoms with van der Waals surface area (Å²) in [4.78, 5) is 0. The normalized spacial score (nSPS) is 17.9. The van der Waals surface area contributed by atoms with Crippen LogP contribution in [0.5, 0.6) is 5.75 Å². The molecule has 100 valence electrons. The van der Waals surface area contributed by atoms with E-state index >= 15 is 0 Å². The van der Waals surface area contributed by atoms with Crippen LogP contribution in [0, 0.1) is 5.41 Å². The van der Waals surface area contributed by atoms with Gasteiger partial charge in [0.05, 0.1) is 7.11 Å². The molecule has 2 N–H and O–H groups in total. The summed E-state index contributed by atoms with van der Waals surface area (Å²) in [7, 11) is 1.74. The van der Waals surface area contributed by atoms with Crippen LogP contribution in [0.1, 0.15) is 43.7 Å². The molecule has 0 aromatic heterocycles. The van der Waals surface area contributed by atoms with Gasteiger partial charge in [-0.05, 0) is 54.8 Å². The quantitative estimate of drug-likeness (QED) is 0.866. The van der Waals surface area contributed by atoms with Crippen LogP contribution in [-0.2, 0) is 12.8 Å². The molecule has 2 nitrogen and oxygen atoms in total. The van der Waals surface area contributed by atoms with E-state index in [2.05, 4.69) is 25.1 Å². The Bertz CT molecular complexity index is 394.